The van der Waals surface area contributed by atoms with Gasteiger partial charge in [0, 0.05) is 24.7 Å². The monoisotopic (exact) mass is 260 g/mol. The molecule has 5 nitrogen and oxygen atoms in total. The Hall–Kier alpha value is -2.30. The van der Waals surface area contributed by atoms with Crippen molar-refractivity contribution in [3.63, 3.8) is 0 Å². The number of carbonyl (C=O) groups is 1. The standard InChI is InChI=1S/C14H16N2O3/c1-16-13(6-7-14(17)18)12(9-15-16)10-4-3-5-11(8-10)19-2/h3-5,8-9H,6-7H2,1-2H3,(H,17,18). The minimum atomic E-state index is -0.808. The molecule has 19 heavy (non-hydrogen) atoms. The summed E-state index contributed by atoms with van der Waals surface area (Å²) in [5.74, 6) is -0.0386. The molecule has 0 atom stereocenters. The van der Waals surface area contributed by atoms with Gasteiger partial charge in [0.15, 0.2) is 0 Å². The van der Waals surface area contributed by atoms with Gasteiger partial charge in [0.05, 0.1) is 19.7 Å². The molecule has 5 heteroatoms. The first kappa shape index (κ1) is 13.1. The van der Waals surface area contributed by atoms with Crippen LogP contribution in [0, 0.1) is 0 Å². The van der Waals surface area contributed by atoms with Crippen LogP contribution in [-0.2, 0) is 18.3 Å². The summed E-state index contributed by atoms with van der Waals surface area (Å²) < 4.78 is 6.92. The second-order valence-corrected chi connectivity index (χ2v) is 4.25. The number of rotatable bonds is 5. The van der Waals surface area contributed by atoms with Gasteiger partial charge in [-0.15, -0.1) is 0 Å². The fourth-order valence-electron chi connectivity index (χ4n) is 2.02. The van der Waals surface area contributed by atoms with E-state index in [1.54, 1.807) is 18.0 Å². The number of aryl methyl sites for hydroxylation is 1. The van der Waals surface area contributed by atoms with Crippen molar-refractivity contribution in [2.24, 2.45) is 7.05 Å². The van der Waals surface area contributed by atoms with Crippen molar-refractivity contribution >= 4 is 5.97 Å². The molecule has 1 heterocycles. The predicted molar refractivity (Wildman–Crippen MR) is 71.2 cm³/mol. The van der Waals surface area contributed by atoms with Gasteiger partial charge in [-0.05, 0) is 17.7 Å². The molecule has 0 saturated heterocycles. The number of ether oxygens (including phenoxy) is 1. The van der Waals surface area contributed by atoms with Crippen LogP contribution in [0.2, 0.25) is 0 Å². The molecule has 2 rings (SSSR count). The van der Waals surface area contributed by atoms with E-state index in [1.807, 2.05) is 31.3 Å². The van der Waals surface area contributed by atoms with Crippen molar-refractivity contribution in [2.45, 2.75) is 12.8 Å². The Morgan fingerprint density at radius 3 is 2.95 bits per heavy atom. The van der Waals surface area contributed by atoms with Gasteiger partial charge in [-0.25, -0.2) is 0 Å². The Labute approximate surface area is 111 Å². The average molecular weight is 260 g/mol. The minimum Gasteiger partial charge on any atom is -0.497 e. The van der Waals surface area contributed by atoms with Crippen LogP contribution in [0.5, 0.6) is 5.75 Å². The van der Waals surface area contributed by atoms with Gasteiger partial charge in [0.25, 0.3) is 0 Å². The second kappa shape index (κ2) is 5.56. The average Bonchev–Trinajstić information content (AvgIpc) is 2.77. The molecule has 0 fully saturated rings. The highest BCUT2D eigenvalue weighted by molar-refractivity contribution is 5.70. The highest BCUT2D eigenvalue weighted by atomic mass is 16.5. The Morgan fingerprint density at radius 2 is 2.26 bits per heavy atom. The van der Waals surface area contributed by atoms with Crippen LogP contribution >= 0.6 is 0 Å². The van der Waals surface area contributed by atoms with E-state index in [1.165, 1.54) is 0 Å². The van der Waals surface area contributed by atoms with Crippen molar-refractivity contribution in [3.8, 4) is 16.9 Å². The van der Waals surface area contributed by atoms with Gasteiger partial charge in [-0.1, -0.05) is 12.1 Å². The number of aliphatic carboxylic acids is 1. The Bertz CT molecular complexity index is 590. The molecule has 0 spiro atoms. The molecule has 1 aromatic heterocycles. The van der Waals surface area contributed by atoms with Gasteiger partial charge in [0.2, 0.25) is 0 Å². The molecule has 0 saturated carbocycles. The molecule has 0 bridgehead atoms. The largest absolute Gasteiger partial charge is 0.497 e. The summed E-state index contributed by atoms with van der Waals surface area (Å²) in [4.78, 5) is 10.7. The topological polar surface area (TPSA) is 64.4 Å². The zero-order valence-corrected chi connectivity index (χ0v) is 11.0. The van der Waals surface area contributed by atoms with Gasteiger partial charge in [-0.3, -0.25) is 9.48 Å². The summed E-state index contributed by atoms with van der Waals surface area (Å²) >= 11 is 0. The van der Waals surface area contributed by atoms with Gasteiger partial charge < -0.3 is 9.84 Å². The summed E-state index contributed by atoms with van der Waals surface area (Å²) in [6.07, 6.45) is 2.31. The Morgan fingerprint density at radius 1 is 1.47 bits per heavy atom. The number of carboxylic acid groups (broad SMARTS) is 1. The third kappa shape index (κ3) is 2.93. The lowest BCUT2D eigenvalue weighted by Crippen LogP contribution is -2.04. The van der Waals surface area contributed by atoms with E-state index >= 15 is 0 Å². The summed E-state index contributed by atoms with van der Waals surface area (Å²) in [6.45, 7) is 0. The number of hydrogen-bond donors (Lipinski definition) is 1. The lowest BCUT2D eigenvalue weighted by atomic mass is 10.0. The number of benzene rings is 1. The first-order valence-corrected chi connectivity index (χ1v) is 5.99. The molecule has 0 aliphatic heterocycles. The third-order valence-corrected chi connectivity index (χ3v) is 3.02. The maximum atomic E-state index is 10.7. The van der Waals surface area contributed by atoms with E-state index in [0.717, 1.165) is 22.6 Å². The van der Waals surface area contributed by atoms with Crippen LogP contribution in [0.15, 0.2) is 30.5 Å². The zero-order chi connectivity index (χ0) is 13.8. The summed E-state index contributed by atoms with van der Waals surface area (Å²) in [7, 11) is 3.44. The first-order chi connectivity index (χ1) is 9.11. The molecule has 0 radical (unpaired) electrons. The van der Waals surface area contributed by atoms with Crippen molar-refractivity contribution in [3.05, 3.63) is 36.2 Å². The van der Waals surface area contributed by atoms with Crippen LogP contribution in [-0.4, -0.2) is 28.0 Å². The van der Waals surface area contributed by atoms with Crippen molar-refractivity contribution in [1.82, 2.24) is 9.78 Å². The van der Waals surface area contributed by atoms with Crippen LogP contribution < -0.4 is 4.74 Å². The lowest BCUT2D eigenvalue weighted by Gasteiger charge is -2.06. The SMILES string of the molecule is COc1cccc(-c2cnn(C)c2CCC(=O)O)c1. The zero-order valence-electron chi connectivity index (χ0n) is 11.0. The number of methoxy groups -OCH3 is 1. The van der Waals surface area contributed by atoms with E-state index in [9.17, 15) is 4.79 Å². The first-order valence-electron chi connectivity index (χ1n) is 5.99. The molecule has 0 unspecified atom stereocenters. The summed E-state index contributed by atoms with van der Waals surface area (Å²) in [6, 6.07) is 7.66. The highest BCUT2D eigenvalue weighted by Crippen LogP contribution is 2.27. The Kier molecular flexibility index (Phi) is 3.85. The number of aromatic nitrogens is 2. The number of hydrogen-bond acceptors (Lipinski definition) is 3. The van der Waals surface area contributed by atoms with Crippen molar-refractivity contribution in [1.29, 1.82) is 0 Å². The summed E-state index contributed by atoms with van der Waals surface area (Å²) in [5.41, 5.74) is 2.84. The second-order valence-electron chi connectivity index (χ2n) is 4.25. The summed E-state index contributed by atoms with van der Waals surface area (Å²) in [5, 5.41) is 13.0. The number of carboxylic acids is 1. The fourth-order valence-corrected chi connectivity index (χ4v) is 2.02. The highest BCUT2D eigenvalue weighted by Gasteiger charge is 2.12. The maximum absolute atomic E-state index is 10.7. The molecular formula is C14H16N2O3. The fraction of sp³-hybridized carbons (Fsp3) is 0.286. The molecule has 0 aliphatic rings. The number of nitrogens with zero attached hydrogens (tertiary/aromatic N) is 2. The molecule has 0 aliphatic carbocycles. The normalized spacial score (nSPS) is 10.4. The van der Waals surface area contributed by atoms with Gasteiger partial charge in [-0.2, -0.15) is 5.10 Å². The molecular weight excluding hydrogens is 244 g/mol. The minimum absolute atomic E-state index is 0.0938. The smallest absolute Gasteiger partial charge is 0.303 e. The molecule has 0 amide bonds. The predicted octanol–water partition coefficient (Wildman–Crippen LogP) is 2.11. The van der Waals surface area contributed by atoms with E-state index in [4.69, 9.17) is 9.84 Å². The maximum Gasteiger partial charge on any atom is 0.303 e. The van der Waals surface area contributed by atoms with Gasteiger partial charge in [0.1, 0.15) is 5.75 Å². The quantitative estimate of drug-likeness (QED) is 0.894. The molecule has 1 N–H and O–H groups in total. The van der Waals surface area contributed by atoms with Crippen LogP contribution in [0.25, 0.3) is 11.1 Å². The molecule has 1 aromatic carbocycles. The van der Waals surface area contributed by atoms with Gasteiger partial charge >= 0.3 is 5.97 Å². The molecule has 100 valence electrons. The third-order valence-electron chi connectivity index (χ3n) is 3.02. The van der Waals surface area contributed by atoms with Crippen molar-refractivity contribution in [2.75, 3.05) is 7.11 Å². The van der Waals surface area contributed by atoms with E-state index < -0.39 is 5.97 Å². The molecule has 2 aromatic rings. The van der Waals surface area contributed by atoms with E-state index in [-0.39, 0.29) is 6.42 Å². The van der Waals surface area contributed by atoms with E-state index in [0.29, 0.717) is 6.42 Å². The van der Waals surface area contributed by atoms with Crippen molar-refractivity contribution < 1.29 is 14.6 Å². The van der Waals surface area contributed by atoms with E-state index in [2.05, 4.69) is 5.10 Å². The van der Waals surface area contributed by atoms with Crippen LogP contribution in [0.3, 0.4) is 0 Å². The lowest BCUT2D eigenvalue weighted by molar-refractivity contribution is -0.136. The van der Waals surface area contributed by atoms with Crippen LogP contribution in [0.4, 0.5) is 0 Å². The Balaban J connectivity index is 2.36. The van der Waals surface area contributed by atoms with Crippen LogP contribution in [0.1, 0.15) is 12.1 Å².